The van der Waals surface area contributed by atoms with Crippen LogP contribution in [-0.4, -0.2) is 11.9 Å². The van der Waals surface area contributed by atoms with Crippen LogP contribution in [0.5, 0.6) is 0 Å². The molecule has 0 aliphatic carbocycles. The van der Waals surface area contributed by atoms with Gasteiger partial charge in [-0.2, -0.15) is 0 Å². The van der Waals surface area contributed by atoms with Gasteiger partial charge in [0.05, 0.1) is 0 Å². The van der Waals surface area contributed by atoms with E-state index in [-0.39, 0.29) is 11.9 Å². The molecule has 0 heterocycles. The van der Waals surface area contributed by atoms with Crippen molar-refractivity contribution in [2.75, 3.05) is 5.32 Å². The van der Waals surface area contributed by atoms with Crippen molar-refractivity contribution in [1.29, 1.82) is 0 Å². The number of anilines is 1. The van der Waals surface area contributed by atoms with Crippen LogP contribution in [0.3, 0.4) is 0 Å². The molecular formula is C12H14N2O. The van der Waals surface area contributed by atoms with Crippen LogP contribution < -0.4 is 10.6 Å². The van der Waals surface area contributed by atoms with Gasteiger partial charge in [-0.3, -0.25) is 4.79 Å². The number of para-hydroxylation sites is 1. The molecule has 78 valence electrons. The molecule has 0 radical (unpaired) electrons. The van der Waals surface area contributed by atoms with E-state index < -0.39 is 0 Å². The van der Waals surface area contributed by atoms with Crippen LogP contribution in [0.25, 0.3) is 0 Å². The molecule has 0 unspecified atom stereocenters. The minimum absolute atomic E-state index is 0.110. The normalized spacial score (nSPS) is 11.2. The first kappa shape index (κ1) is 11.1. The van der Waals surface area contributed by atoms with Crippen molar-refractivity contribution in [3.05, 3.63) is 30.3 Å². The molecule has 0 aromatic heterocycles. The third-order valence-electron chi connectivity index (χ3n) is 2.02. The van der Waals surface area contributed by atoms with Crippen LogP contribution in [0, 0.1) is 12.5 Å². The second kappa shape index (κ2) is 5.71. The first-order chi connectivity index (χ1) is 7.27. The molecule has 1 amide bonds. The summed E-state index contributed by atoms with van der Waals surface area (Å²) in [6, 6.07) is 11.2. The Balaban J connectivity index is 2.59. The Morgan fingerprint density at radius 2 is 2.13 bits per heavy atom. The first-order valence-corrected chi connectivity index (χ1v) is 4.85. The van der Waals surface area contributed by atoms with Crippen molar-refractivity contribution >= 4 is 11.6 Å². The Morgan fingerprint density at radius 1 is 1.47 bits per heavy atom. The number of terminal acetylenes is 1. The second-order valence-electron chi connectivity index (χ2n) is 3.10. The lowest BCUT2D eigenvalue weighted by molar-refractivity contribution is -0.117. The molecule has 3 heteroatoms. The molecule has 1 rings (SSSR count). The monoisotopic (exact) mass is 202 g/mol. The number of carbonyl (C=O) groups excluding carboxylic acids is 1. The van der Waals surface area contributed by atoms with E-state index in [0.29, 0.717) is 6.42 Å². The zero-order valence-electron chi connectivity index (χ0n) is 8.66. The van der Waals surface area contributed by atoms with E-state index in [4.69, 9.17) is 6.42 Å². The van der Waals surface area contributed by atoms with Crippen LogP contribution in [0.2, 0.25) is 0 Å². The summed E-state index contributed by atoms with van der Waals surface area (Å²) in [6.45, 7) is 1.90. The maximum absolute atomic E-state index is 11.7. The Bertz CT molecular complexity index is 354. The predicted octanol–water partition coefficient (Wildman–Crippen LogP) is 1.58. The molecule has 0 fully saturated rings. The lowest BCUT2D eigenvalue weighted by Crippen LogP contribution is -2.37. The van der Waals surface area contributed by atoms with Crippen LogP contribution in [0.4, 0.5) is 5.69 Å². The van der Waals surface area contributed by atoms with Gasteiger partial charge in [0.1, 0.15) is 6.04 Å². The average molecular weight is 202 g/mol. The molecule has 0 aliphatic rings. The van der Waals surface area contributed by atoms with Crippen molar-refractivity contribution in [2.24, 2.45) is 0 Å². The lowest BCUT2D eigenvalue weighted by atomic mass is 10.2. The van der Waals surface area contributed by atoms with Gasteiger partial charge in [0.2, 0.25) is 5.91 Å². The number of carbonyl (C=O) groups is 1. The Morgan fingerprint density at radius 3 is 2.67 bits per heavy atom. The summed E-state index contributed by atoms with van der Waals surface area (Å²) in [7, 11) is 0. The number of amides is 1. The van der Waals surface area contributed by atoms with Crippen molar-refractivity contribution in [3.8, 4) is 12.5 Å². The fourth-order valence-electron chi connectivity index (χ4n) is 1.20. The van der Waals surface area contributed by atoms with E-state index in [1.807, 2.05) is 37.3 Å². The smallest absolute Gasteiger partial charge is 0.247 e. The van der Waals surface area contributed by atoms with Gasteiger partial charge in [0.15, 0.2) is 0 Å². The molecule has 0 bridgehead atoms. The summed E-state index contributed by atoms with van der Waals surface area (Å²) in [5.74, 6) is -0.110. The van der Waals surface area contributed by atoms with E-state index in [1.54, 1.807) is 0 Å². The molecule has 1 aromatic rings. The fraction of sp³-hybridized carbons (Fsp3) is 0.250. The quantitative estimate of drug-likeness (QED) is 0.575. The van der Waals surface area contributed by atoms with E-state index in [1.165, 1.54) is 0 Å². The summed E-state index contributed by atoms with van der Waals surface area (Å²) in [6.07, 6.45) is 5.75. The molecule has 1 atom stereocenters. The number of hydrogen-bond acceptors (Lipinski definition) is 2. The van der Waals surface area contributed by atoms with Gasteiger partial charge < -0.3 is 10.6 Å². The number of nitrogens with one attached hydrogen (secondary N) is 2. The molecular weight excluding hydrogens is 188 g/mol. The number of rotatable bonds is 4. The Hall–Kier alpha value is -1.95. The zero-order valence-corrected chi connectivity index (χ0v) is 8.66. The Kier molecular flexibility index (Phi) is 4.24. The minimum atomic E-state index is -0.338. The topological polar surface area (TPSA) is 41.1 Å². The summed E-state index contributed by atoms with van der Waals surface area (Å²) < 4.78 is 0. The van der Waals surface area contributed by atoms with Gasteiger partial charge in [0.25, 0.3) is 0 Å². The fourth-order valence-corrected chi connectivity index (χ4v) is 1.20. The van der Waals surface area contributed by atoms with Gasteiger partial charge in [-0.15, -0.1) is 0 Å². The van der Waals surface area contributed by atoms with Gasteiger partial charge >= 0.3 is 0 Å². The molecule has 0 saturated carbocycles. The Labute approximate surface area is 89.9 Å². The molecule has 3 nitrogen and oxygen atoms in total. The summed E-state index contributed by atoms with van der Waals surface area (Å²) >= 11 is 0. The van der Waals surface area contributed by atoms with Gasteiger partial charge in [-0.1, -0.05) is 31.5 Å². The lowest BCUT2D eigenvalue weighted by Gasteiger charge is -2.13. The van der Waals surface area contributed by atoms with Gasteiger partial charge in [-0.25, -0.2) is 0 Å². The van der Waals surface area contributed by atoms with Gasteiger partial charge in [0, 0.05) is 11.7 Å². The van der Waals surface area contributed by atoms with E-state index in [2.05, 4.69) is 16.7 Å². The number of hydrogen-bond donors (Lipinski definition) is 2. The SMILES string of the molecule is C#CN[C@@H](CC)C(=O)Nc1ccccc1. The summed E-state index contributed by atoms with van der Waals surface area (Å²) in [5.41, 5.74) is 0.778. The summed E-state index contributed by atoms with van der Waals surface area (Å²) in [4.78, 5) is 11.7. The molecule has 1 aromatic carbocycles. The molecule has 2 N–H and O–H groups in total. The van der Waals surface area contributed by atoms with E-state index in [0.717, 1.165) is 5.69 Å². The molecule has 15 heavy (non-hydrogen) atoms. The maximum atomic E-state index is 11.7. The molecule has 0 aliphatic heterocycles. The van der Waals surface area contributed by atoms with Crippen molar-refractivity contribution in [2.45, 2.75) is 19.4 Å². The van der Waals surface area contributed by atoms with Crippen LogP contribution in [0.15, 0.2) is 30.3 Å². The van der Waals surface area contributed by atoms with E-state index >= 15 is 0 Å². The highest BCUT2D eigenvalue weighted by Gasteiger charge is 2.14. The largest absolute Gasteiger partial charge is 0.334 e. The molecule has 0 spiro atoms. The minimum Gasteiger partial charge on any atom is -0.334 e. The van der Waals surface area contributed by atoms with E-state index in [9.17, 15) is 4.79 Å². The van der Waals surface area contributed by atoms with Gasteiger partial charge in [-0.05, 0) is 18.6 Å². The highest BCUT2D eigenvalue weighted by molar-refractivity contribution is 5.94. The van der Waals surface area contributed by atoms with Crippen molar-refractivity contribution < 1.29 is 4.79 Å². The highest BCUT2D eigenvalue weighted by Crippen LogP contribution is 2.06. The van der Waals surface area contributed by atoms with Crippen molar-refractivity contribution in [3.63, 3.8) is 0 Å². The third kappa shape index (κ3) is 3.35. The van der Waals surface area contributed by atoms with Crippen LogP contribution >= 0.6 is 0 Å². The second-order valence-corrected chi connectivity index (χ2v) is 3.10. The number of benzene rings is 1. The standard InChI is InChI=1S/C12H14N2O/c1-3-11(13-4-2)12(15)14-10-8-6-5-7-9-10/h2,5-9,11,13H,3H2,1H3,(H,14,15)/t11-/m0/s1. The highest BCUT2D eigenvalue weighted by atomic mass is 16.2. The maximum Gasteiger partial charge on any atom is 0.247 e. The van der Waals surface area contributed by atoms with Crippen molar-refractivity contribution in [1.82, 2.24) is 5.32 Å². The van der Waals surface area contributed by atoms with Crippen LogP contribution in [-0.2, 0) is 4.79 Å². The molecule has 0 saturated heterocycles. The van der Waals surface area contributed by atoms with Crippen LogP contribution in [0.1, 0.15) is 13.3 Å². The zero-order chi connectivity index (χ0) is 11.1. The summed E-state index contributed by atoms with van der Waals surface area (Å²) in [5, 5.41) is 5.45. The third-order valence-corrected chi connectivity index (χ3v) is 2.02. The average Bonchev–Trinajstić information content (AvgIpc) is 2.27. The predicted molar refractivity (Wildman–Crippen MR) is 61.1 cm³/mol. The first-order valence-electron chi connectivity index (χ1n) is 4.85.